The van der Waals surface area contributed by atoms with Crippen molar-refractivity contribution in [2.24, 2.45) is 7.05 Å². The van der Waals surface area contributed by atoms with E-state index in [4.69, 9.17) is 0 Å². The van der Waals surface area contributed by atoms with Crippen LogP contribution >= 0.6 is 0 Å². The van der Waals surface area contributed by atoms with Crippen molar-refractivity contribution in [3.8, 4) is 0 Å². The smallest absolute Gasteiger partial charge is 0.123 e. The SMILES string of the molecule is Cc1cc(F)cc(C(O)c2cnn(C)c2)c1. The predicted molar refractivity (Wildman–Crippen MR) is 58.4 cm³/mol. The van der Waals surface area contributed by atoms with Gasteiger partial charge in [0.2, 0.25) is 0 Å². The molecule has 1 heterocycles. The zero-order valence-electron chi connectivity index (χ0n) is 9.18. The number of benzene rings is 1. The van der Waals surface area contributed by atoms with Gasteiger partial charge in [0.15, 0.2) is 0 Å². The van der Waals surface area contributed by atoms with Gasteiger partial charge >= 0.3 is 0 Å². The van der Waals surface area contributed by atoms with E-state index in [-0.39, 0.29) is 5.82 Å². The number of aryl methyl sites for hydroxylation is 2. The van der Waals surface area contributed by atoms with E-state index in [2.05, 4.69) is 5.10 Å². The Morgan fingerprint density at radius 3 is 2.62 bits per heavy atom. The molecule has 0 amide bonds. The summed E-state index contributed by atoms with van der Waals surface area (Å²) in [6.07, 6.45) is 2.46. The third-order valence-electron chi connectivity index (χ3n) is 2.42. The number of aromatic nitrogens is 2. The average molecular weight is 220 g/mol. The molecule has 0 saturated carbocycles. The first-order valence-electron chi connectivity index (χ1n) is 5.00. The molecule has 1 aromatic carbocycles. The van der Waals surface area contributed by atoms with Crippen molar-refractivity contribution in [2.45, 2.75) is 13.0 Å². The van der Waals surface area contributed by atoms with E-state index in [9.17, 15) is 9.50 Å². The first kappa shape index (κ1) is 10.8. The maximum Gasteiger partial charge on any atom is 0.123 e. The third kappa shape index (κ3) is 2.12. The number of aliphatic hydroxyl groups is 1. The number of aliphatic hydroxyl groups excluding tert-OH is 1. The second kappa shape index (κ2) is 4.06. The Hall–Kier alpha value is -1.68. The number of rotatable bonds is 2. The summed E-state index contributed by atoms with van der Waals surface area (Å²) in [6.45, 7) is 1.79. The van der Waals surface area contributed by atoms with Gasteiger partial charge in [-0.3, -0.25) is 4.68 Å². The van der Waals surface area contributed by atoms with Crippen molar-refractivity contribution in [3.63, 3.8) is 0 Å². The van der Waals surface area contributed by atoms with Gasteiger partial charge in [0.05, 0.1) is 6.20 Å². The first-order chi connectivity index (χ1) is 7.56. The van der Waals surface area contributed by atoms with Crippen molar-refractivity contribution in [3.05, 3.63) is 53.1 Å². The van der Waals surface area contributed by atoms with Crippen LogP contribution in [-0.2, 0) is 7.05 Å². The Labute approximate surface area is 93.2 Å². The van der Waals surface area contributed by atoms with E-state index in [1.807, 2.05) is 0 Å². The Morgan fingerprint density at radius 1 is 1.31 bits per heavy atom. The molecule has 0 aliphatic rings. The molecular formula is C12H13FN2O. The lowest BCUT2D eigenvalue weighted by Gasteiger charge is -2.09. The summed E-state index contributed by atoms with van der Waals surface area (Å²) in [4.78, 5) is 0. The molecule has 0 spiro atoms. The Bertz CT molecular complexity index is 487. The summed E-state index contributed by atoms with van der Waals surface area (Å²) >= 11 is 0. The number of halogens is 1. The van der Waals surface area contributed by atoms with Crippen LogP contribution in [0.5, 0.6) is 0 Å². The second-order valence-corrected chi connectivity index (χ2v) is 3.91. The molecule has 1 unspecified atom stereocenters. The monoisotopic (exact) mass is 220 g/mol. The maximum absolute atomic E-state index is 13.2. The van der Waals surface area contributed by atoms with Gasteiger partial charge < -0.3 is 5.11 Å². The summed E-state index contributed by atoms with van der Waals surface area (Å²) in [7, 11) is 1.77. The summed E-state index contributed by atoms with van der Waals surface area (Å²) in [6, 6.07) is 4.53. The highest BCUT2D eigenvalue weighted by atomic mass is 19.1. The third-order valence-corrected chi connectivity index (χ3v) is 2.42. The summed E-state index contributed by atoms with van der Waals surface area (Å²) in [5.41, 5.74) is 2.00. The topological polar surface area (TPSA) is 38.1 Å². The van der Waals surface area contributed by atoms with Gasteiger partial charge in [-0.15, -0.1) is 0 Å². The molecule has 0 fully saturated rings. The minimum atomic E-state index is -0.830. The molecule has 16 heavy (non-hydrogen) atoms. The Kier molecular flexibility index (Phi) is 2.75. The largest absolute Gasteiger partial charge is 0.384 e. The lowest BCUT2D eigenvalue weighted by Crippen LogP contribution is -1.99. The number of hydrogen-bond acceptors (Lipinski definition) is 2. The van der Waals surface area contributed by atoms with E-state index in [0.717, 1.165) is 5.56 Å². The van der Waals surface area contributed by atoms with E-state index in [1.165, 1.54) is 12.1 Å². The van der Waals surface area contributed by atoms with E-state index in [0.29, 0.717) is 11.1 Å². The van der Waals surface area contributed by atoms with Gasteiger partial charge in [-0.05, 0) is 30.2 Å². The summed E-state index contributed by atoms with van der Waals surface area (Å²) < 4.78 is 14.8. The zero-order chi connectivity index (χ0) is 11.7. The van der Waals surface area contributed by atoms with Crippen LogP contribution in [0.3, 0.4) is 0 Å². The van der Waals surface area contributed by atoms with E-state index in [1.54, 1.807) is 37.1 Å². The molecule has 1 atom stereocenters. The van der Waals surface area contributed by atoms with Crippen LogP contribution in [-0.4, -0.2) is 14.9 Å². The minimum Gasteiger partial charge on any atom is -0.384 e. The predicted octanol–water partition coefficient (Wildman–Crippen LogP) is 1.95. The van der Waals surface area contributed by atoms with E-state index >= 15 is 0 Å². The van der Waals surface area contributed by atoms with E-state index < -0.39 is 6.10 Å². The van der Waals surface area contributed by atoms with Crippen molar-refractivity contribution >= 4 is 0 Å². The average Bonchev–Trinajstić information content (AvgIpc) is 2.62. The van der Waals surface area contributed by atoms with Crippen LogP contribution < -0.4 is 0 Å². The zero-order valence-corrected chi connectivity index (χ0v) is 9.18. The van der Waals surface area contributed by atoms with Crippen molar-refractivity contribution < 1.29 is 9.50 Å². The fourth-order valence-corrected chi connectivity index (χ4v) is 1.70. The van der Waals surface area contributed by atoms with Crippen LogP contribution in [0.1, 0.15) is 22.8 Å². The molecular weight excluding hydrogens is 207 g/mol. The molecule has 4 heteroatoms. The number of hydrogen-bond donors (Lipinski definition) is 1. The van der Waals surface area contributed by atoms with Gasteiger partial charge in [-0.25, -0.2) is 4.39 Å². The van der Waals surface area contributed by atoms with Crippen molar-refractivity contribution in [1.82, 2.24) is 9.78 Å². The highest BCUT2D eigenvalue weighted by molar-refractivity contribution is 5.30. The van der Waals surface area contributed by atoms with Crippen LogP contribution in [0.15, 0.2) is 30.6 Å². The maximum atomic E-state index is 13.2. The molecule has 1 aromatic heterocycles. The minimum absolute atomic E-state index is 0.335. The summed E-state index contributed by atoms with van der Waals surface area (Å²) in [5, 5.41) is 14.0. The van der Waals surface area contributed by atoms with Gasteiger partial charge in [0.25, 0.3) is 0 Å². The fourth-order valence-electron chi connectivity index (χ4n) is 1.70. The highest BCUT2D eigenvalue weighted by Crippen LogP contribution is 2.22. The molecule has 0 aliphatic carbocycles. The molecule has 2 rings (SSSR count). The fraction of sp³-hybridized carbons (Fsp3) is 0.250. The van der Waals surface area contributed by atoms with Crippen LogP contribution in [0.2, 0.25) is 0 Å². The second-order valence-electron chi connectivity index (χ2n) is 3.91. The van der Waals surface area contributed by atoms with Crippen molar-refractivity contribution in [1.29, 1.82) is 0 Å². The Balaban J connectivity index is 2.37. The standard InChI is InChI=1S/C12H13FN2O/c1-8-3-9(5-11(13)4-8)12(16)10-6-14-15(2)7-10/h3-7,12,16H,1-2H3. The van der Waals surface area contributed by atoms with Crippen LogP contribution in [0, 0.1) is 12.7 Å². The lowest BCUT2D eigenvalue weighted by atomic mass is 10.0. The normalized spacial score (nSPS) is 12.8. The van der Waals surface area contributed by atoms with Crippen molar-refractivity contribution in [2.75, 3.05) is 0 Å². The molecule has 1 N–H and O–H groups in total. The molecule has 2 aromatic rings. The number of nitrogens with zero attached hydrogens (tertiary/aromatic N) is 2. The van der Waals surface area contributed by atoms with Gasteiger partial charge in [-0.1, -0.05) is 6.07 Å². The molecule has 84 valence electrons. The molecule has 0 bridgehead atoms. The quantitative estimate of drug-likeness (QED) is 0.840. The summed E-state index contributed by atoms with van der Waals surface area (Å²) in [5.74, 6) is -0.335. The molecule has 0 saturated heterocycles. The van der Waals surface area contributed by atoms with Crippen LogP contribution in [0.25, 0.3) is 0 Å². The molecule has 0 aliphatic heterocycles. The van der Waals surface area contributed by atoms with Gasteiger partial charge in [0.1, 0.15) is 11.9 Å². The highest BCUT2D eigenvalue weighted by Gasteiger charge is 2.13. The molecule has 3 nitrogen and oxygen atoms in total. The first-order valence-corrected chi connectivity index (χ1v) is 5.00. The lowest BCUT2D eigenvalue weighted by molar-refractivity contribution is 0.219. The van der Waals surface area contributed by atoms with Gasteiger partial charge in [-0.2, -0.15) is 5.10 Å². The Morgan fingerprint density at radius 2 is 2.06 bits per heavy atom. The molecule has 0 radical (unpaired) electrons. The van der Waals surface area contributed by atoms with Crippen LogP contribution in [0.4, 0.5) is 4.39 Å². The van der Waals surface area contributed by atoms with Gasteiger partial charge in [0, 0.05) is 18.8 Å².